The average Bonchev–Trinajstić information content (AvgIpc) is 2.55. The zero-order valence-corrected chi connectivity index (χ0v) is 11.7. The topological polar surface area (TPSA) is 54.9 Å². The van der Waals surface area contributed by atoms with Gasteiger partial charge in [-0.25, -0.2) is 0 Å². The standard InChI is InChI=1S/C17H15N3O/c1-12(13-6-3-2-4-7-13)20-17(21)14-8-5-9-15-16(14)19-11-10-18-15/h2-12H,1H3,(H,20,21). The maximum atomic E-state index is 12.5. The molecule has 2 aromatic carbocycles. The minimum atomic E-state index is -0.141. The lowest BCUT2D eigenvalue weighted by Gasteiger charge is -2.14. The van der Waals surface area contributed by atoms with Gasteiger partial charge in [-0.15, -0.1) is 0 Å². The van der Waals surface area contributed by atoms with Gasteiger partial charge in [0.25, 0.3) is 5.91 Å². The lowest BCUT2D eigenvalue weighted by Crippen LogP contribution is -2.26. The van der Waals surface area contributed by atoms with Gasteiger partial charge in [0, 0.05) is 12.4 Å². The highest BCUT2D eigenvalue weighted by Crippen LogP contribution is 2.16. The second kappa shape index (κ2) is 5.71. The Hall–Kier alpha value is -2.75. The third kappa shape index (κ3) is 2.74. The fourth-order valence-electron chi connectivity index (χ4n) is 2.28. The maximum absolute atomic E-state index is 12.5. The van der Waals surface area contributed by atoms with Crippen LogP contribution in [0.4, 0.5) is 0 Å². The van der Waals surface area contributed by atoms with Crippen molar-refractivity contribution < 1.29 is 4.79 Å². The van der Waals surface area contributed by atoms with E-state index in [1.165, 1.54) is 0 Å². The van der Waals surface area contributed by atoms with Gasteiger partial charge in [0.15, 0.2) is 0 Å². The van der Waals surface area contributed by atoms with E-state index in [-0.39, 0.29) is 11.9 Å². The molecule has 0 aliphatic heterocycles. The van der Waals surface area contributed by atoms with Gasteiger partial charge in [-0.1, -0.05) is 36.4 Å². The molecule has 4 nitrogen and oxygen atoms in total. The van der Waals surface area contributed by atoms with Crippen LogP contribution in [0.25, 0.3) is 11.0 Å². The van der Waals surface area contributed by atoms with Crippen molar-refractivity contribution in [1.82, 2.24) is 15.3 Å². The van der Waals surface area contributed by atoms with Gasteiger partial charge in [0.1, 0.15) is 5.52 Å². The smallest absolute Gasteiger partial charge is 0.254 e. The van der Waals surface area contributed by atoms with Crippen LogP contribution in [0.5, 0.6) is 0 Å². The first kappa shape index (κ1) is 13.2. The summed E-state index contributed by atoms with van der Waals surface area (Å²) in [6.45, 7) is 1.96. The predicted molar refractivity (Wildman–Crippen MR) is 81.9 cm³/mol. The minimum absolute atomic E-state index is 0.0642. The van der Waals surface area contributed by atoms with E-state index in [9.17, 15) is 4.79 Å². The number of nitrogens with zero attached hydrogens (tertiary/aromatic N) is 2. The van der Waals surface area contributed by atoms with E-state index in [0.29, 0.717) is 11.1 Å². The Balaban J connectivity index is 1.88. The Morgan fingerprint density at radius 3 is 2.57 bits per heavy atom. The molecule has 0 aliphatic carbocycles. The Morgan fingerprint density at radius 2 is 1.76 bits per heavy atom. The summed E-state index contributed by atoms with van der Waals surface area (Å²) in [4.78, 5) is 20.9. The molecule has 0 radical (unpaired) electrons. The summed E-state index contributed by atoms with van der Waals surface area (Å²) in [5.41, 5.74) is 2.95. The average molecular weight is 277 g/mol. The molecule has 104 valence electrons. The molecule has 3 rings (SSSR count). The van der Waals surface area contributed by atoms with Gasteiger partial charge in [-0.05, 0) is 24.6 Å². The van der Waals surface area contributed by atoms with Crippen LogP contribution in [-0.4, -0.2) is 15.9 Å². The number of benzene rings is 2. The molecule has 1 unspecified atom stereocenters. The number of para-hydroxylation sites is 1. The molecule has 3 aromatic rings. The van der Waals surface area contributed by atoms with E-state index in [2.05, 4.69) is 15.3 Å². The summed E-state index contributed by atoms with van der Waals surface area (Å²) in [5, 5.41) is 3.00. The molecular formula is C17H15N3O. The van der Waals surface area contributed by atoms with Crippen LogP contribution in [0.2, 0.25) is 0 Å². The first-order valence-electron chi connectivity index (χ1n) is 6.81. The molecule has 0 spiro atoms. The summed E-state index contributed by atoms with van der Waals surface area (Å²) >= 11 is 0. The predicted octanol–water partition coefficient (Wildman–Crippen LogP) is 3.12. The number of fused-ring (bicyclic) bond motifs is 1. The SMILES string of the molecule is CC(NC(=O)c1cccc2nccnc12)c1ccccc1. The number of carbonyl (C=O) groups is 1. The van der Waals surface area contributed by atoms with Crippen molar-refractivity contribution in [3.05, 3.63) is 72.1 Å². The van der Waals surface area contributed by atoms with Gasteiger partial charge >= 0.3 is 0 Å². The molecule has 1 amide bonds. The van der Waals surface area contributed by atoms with Gasteiger partial charge in [0.2, 0.25) is 0 Å². The fourth-order valence-corrected chi connectivity index (χ4v) is 2.28. The Morgan fingerprint density at radius 1 is 1.00 bits per heavy atom. The Bertz CT molecular complexity index is 766. The van der Waals surface area contributed by atoms with Crippen LogP contribution < -0.4 is 5.32 Å². The van der Waals surface area contributed by atoms with Crippen LogP contribution in [0, 0.1) is 0 Å². The molecule has 0 saturated heterocycles. The number of amides is 1. The van der Waals surface area contributed by atoms with Crippen molar-refractivity contribution in [2.24, 2.45) is 0 Å². The maximum Gasteiger partial charge on any atom is 0.254 e. The van der Waals surface area contributed by atoms with Crippen molar-refractivity contribution in [3.63, 3.8) is 0 Å². The highest BCUT2D eigenvalue weighted by molar-refractivity contribution is 6.04. The van der Waals surface area contributed by atoms with Crippen molar-refractivity contribution in [2.45, 2.75) is 13.0 Å². The van der Waals surface area contributed by atoms with Crippen LogP contribution in [0.3, 0.4) is 0 Å². The third-order valence-electron chi connectivity index (χ3n) is 3.39. The molecule has 0 bridgehead atoms. The van der Waals surface area contributed by atoms with Crippen LogP contribution in [-0.2, 0) is 0 Å². The number of hydrogen-bond donors (Lipinski definition) is 1. The minimum Gasteiger partial charge on any atom is -0.345 e. The number of nitrogens with one attached hydrogen (secondary N) is 1. The van der Waals surface area contributed by atoms with E-state index in [0.717, 1.165) is 11.1 Å². The first-order valence-corrected chi connectivity index (χ1v) is 6.81. The zero-order chi connectivity index (χ0) is 14.7. The summed E-state index contributed by atoms with van der Waals surface area (Å²) in [6, 6.07) is 15.2. The normalized spacial score (nSPS) is 12.0. The van der Waals surface area contributed by atoms with Crippen molar-refractivity contribution in [3.8, 4) is 0 Å². The zero-order valence-electron chi connectivity index (χ0n) is 11.7. The second-order valence-electron chi connectivity index (χ2n) is 4.84. The lowest BCUT2D eigenvalue weighted by atomic mass is 10.1. The molecule has 0 aliphatic rings. The number of aromatic nitrogens is 2. The van der Waals surface area contributed by atoms with Crippen molar-refractivity contribution in [1.29, 1.82) is 0 Å². The summed E-state index contributed by atoms with van der Waals surface area (Å²) in [7, 11) is 0. The van der Waals surface area contributed by atoms with Crippen molar-refractivity contribution in [2.75, 3.05) is 0 Å². The lowest BCUT2D eigenvalue weighted by molar-refractivity contribution is 0.0941. The summed E-state index contributed by atoms with van der Waals surface area (Å²) < 4.78 is 0. The first-order chi connectivity index (χ1) is 10.3. The largest absolute Gasteiger partial charge is 0.345 e. The molecule has 1 aromatic heterocycles. The van der Waals surface area contributed by atoms with Gasteiger partial charge in [0.05, 0.1) is 17.1 Å². The fraction of sp³-hybridized carbons (Fsp3) is 0.118. The van der Waals surface area contributed by atoms with Gasteiger partial charge < -0.3 is 5.32 Å². The molecule has 0 fully saturated rings. The van der Waals surface area contributed by atoms with Gasteiger partial charge in [-0.3, -0.25) is 14.8 Å². The quantitative estimate of drug-likeness (QED) is 0.800. The third-order valence-corrected chi connectivity index (χ3v) is 3.39. The molecule has 4 heteroatoms. The highest BCUT2D eigenvalue weighted by Gasteiger charge is 2.14. The molecule has 1 atom stereocenters. The van der Waals surface area contributed by atoms with Gasteiger partial charge in [-0.2, -0.15) is 0 Å². The van der Waals surface area contributed by atoms with Crippen LogP contribution in [0.1, 0.15) is 28.9 Å². The van der Waals surface area contributed by atoms with E-state index in [1.807, 2.05) is 49.4 Å². The molecular weight excluding hydrogens is 262 g/mol. The van der Waals surface area contributed by atoms with Crippen molar-refractivity contribution >= 4 is 16.9 Å². The van der Waals surface area contributed by atoms with E-state index >= 15 is 0 Å². The van der Waals surface area contributed by atoms with E-state index in [1.54, 1.807) is 18.5 Å². The van der Waals surface area contributed by atoms with Crippen LogP contribution >= 0.6 is 0 Å². The highest BCUT2D eigenvalue weighted by atomic mass is 16.1. The van der Waals surface area contributed by atoms with E-state index < -0.39 is 0 Å². The summed E-state index contributed by atoms with van der Waals surface area (Å²) in [5.74, 6) is -0.141. The van der Waals surface area contributed by atoms with Crippen LogP contribution in [0.15, 0.2) is 60.9 Å². The molecule has 0 saturated carbocycles. The number of hydrogen-bond acceptors (Lipinski definition) is 3. The molecule has 1 N–H and O–H groups in total. The summed E-state index contributed by atoms with van der Waals surface area (Å²) in [6.07, 6.45) is 3.22. The monoisotopic (exact) mass is 277 g/mol. The number of rotatable bonds is 3. The Kier molecular flexibility index (Phi) is 3.60. The molecule has 1 heterocycles. The molecule has 21 heavy (non-hydrogen) atoms. The van der Waals surface area contributed by atoms with E-state index in [4.69, 9.17) is 0 Å². The Labute approximate surface area is 122 Å². The number of carbonyl (C=O) groups excluding carboxylic acids is 1. The second-order valence-corrected chi connectivity index (χ2v) is 4.84.